The highest BCUT2D eigenvalue weighted by atomic mass is 79.9. The van der Waals surface area contributed by atoms with Gasteiger partial charge in [-0.25, -0.2) is 0 Å². The molecular weight excluding hydrogens is 281 g/mol. The van der Waals surface area contributed by atoms with Crippen molar-refractivity contribution < 1.29 is 13.2 Å². The second-order valence-electron chi connectivity index (χ2n) is 3.37. The number of benzene rings is 1. The molecule has 0 unspecified atom stereocenters. The van der Waals surface area contributed by atoms with Crippen molar-refractivity contribution in [1.29, 1.82) is 0 Å². The fraction of sp³-hybridized carbons (Fsp3) is 0.500. The van der Waals surface area contributed by atoms with Crippen LogP contribution in [0.15, 0.2) is 22.7 Å². The number of hydrogen-bond donors (Lipinski definition) is 0. The van der Waals surface area contributed by atoms with Gasteiger partial charge in [0.25, 0.3) is 0 Å². The van der Waals surface area contributed by atoms with Crippen molar-refractivity contribution >= 4 is 15.9 Å². The summed E-state index contributed by atoms with van der Waals surface area (Å²) in [6.07, 6.45) is -2.42. The summed E-state index contributed by atoms with van der Waals surface area (Å²) >= 11 is 2.88. The van der Waals surface area contributed by atoms with Gasteiger partial charge in [0.1, 0.15) is 0 Å². The van der Waals surface area contributed by atoms with Gasteiger partial charge in [-0.15, -0.1) is 0 Å². The van der Waals surface area contributed by atoms with E-state index in [0.29, 0.717) is 12.0 Å². The molecule has 0 saturated heterocycles. The minimum atomic E-state index is -4.27. The van der Waals surface area contributed by atoms with Crippen LogP contribution in [0.4, 0.5) is 13.2 Å². The lowest BCUT2D eigenvalue weighted by Crippen LogP contribution is -2.06. The lowest BCUT2D eigenvalue weighted by atomic mass is 10.1. The van der Waals surface area contributed by atoms with Gasteiger partial charge in [-0.05, 0) is 24.1 Å². The number of rotatable bonds is 1. The number of alkyl halides is 3. The molecule has 0 spiro atoms. The third-order valence-corrected chi connectivity index (χ3v) is 2.44. The van der Waals surface area contributed by atoms with Crippen molar-refractivity contribution in [2.24, 2.45) is 0 Å². The molecule has 0 nitrogen and oxygen atoms in total. The Labute approximate surface area is 103 Å². The van der Waals surface area contributed by atoms with E-state index in [0.717, 1.165) is 0 Å². The van der Waals surface area contributed by atoms with E-state index in [2.05, 4.69) is 29.8 Å². The molecule has 16 heavy (non-hydrogen) atoms. The Morgan fingerprint density at radius 3 is 2.00 bits per heavy atom. The minimum Gasteiger partial charge on any atom is -0.166 e. The molecule has 0 aliphatic carbocycles. The summed E-state index contributed by atoms with van der Waals surface area (Å²) in [4.78, 5) is 0. The van der Waals surface area contributed by atoms with Gasteiger partial charge in [0.15, 0.2) is 0 Å². The van der Waals surface area contributed by atoms with Crippen LogP contribution in [0.25, 0.3) is 0 Å². The summed E-state index contributed by atoms with van der Waals surface area (Å²) in [6.45, 7) is 6.07. The van der Waals surface area contributed by atoms with Gasteiger partial charge >= 0.3 is 6.18 Å². The second-order valence-corrected chi connectivity index (χ2v) is 4.23. The molecule has 4 heteroatoms. The lowest BCUT2D eigenvalue weighted by molar-refractivity contribution is -0.138. The Bertz CT molecular complexity index is 319. The highest BCUT2D eigenvalue weighted by Crippen LogP contribution is 2.35. The van der Waals surface area contributed by atoms with E-state index in [9.17, 15) is 13.2 Å². The molecule has 0 aliphatic heterocycles. The predicted octanol–water partition coefficient (Wildman–Crippen LogP) is 5.45. The van der Waals surface area contributed by atoms with Crippen LogP contribution in [0.3, 0.4) is 0 Å². The van der Waals surface area contributed by atoms with E-state index in [1.807, 2.05) is 6.92 Å². The maximum atomic E-state index is 12.3. The molecule has 0 aliphatic rings. The fourth-order valence-electron chi connectivity index (χ4n) is 1.01. The van der Waals surface area contributed by atoms with Crippen molar-refractivity contribution in [1.82, 2.24) is 0 Å². The van der Waals surface area contributed by atoms with Crippen LogP contribution in [0.2, 0.25) is 0 Å². The monoisotopic (exact) mass is 296 g/mol. The molecule has 0 aromatic heterocycles. The van der Waals surface area contributed by atoms with E-state index in [4.69, 9.17) is 0 Å². The first-order valence-corrected chi connectivity index (χ1v) is 6.01. The highest BCUT2D eigenvalue weighted by molar-refractivity contribution is 9.10. The maximum absolute atomic E-state index is 12.3. The Kier molecular flexibility index (Phi) is 6.72. The van der Waals surface area contributed by atoms with Gasteiger partial charge < -0.3 is 0 Å². The molecule has 0 N–H and O–H groups in total. The maximum Gasteiger partial charge on any atom is 0.417 e. The van der Waals surface area contributed by atoms with Gasteiger partial charge in [-0.1, -0.05) is 49.2 Å². The van der Waals surface area contributed by atoms with Gasteiger partial charge in [-0.2, -0.15) is 13.2 Å². The molecule has 92 valence electrons. The Morgan fingerprint density at radius 2 is 1.62 bits per heavy atom. The first-order chi connectivity index (χ1) is 7.36. The molecule has 0 heterocycles. The smallest absolute Gasteiger partial charge is 0.166 e. The van der Waals surface area contributed by atoms with Crippen LogP contribution in [-0.2, 0) is 12.6 Å². The third-order valence-electron chi connectivity index (χ3n) is 1.74. The molecule has 0 atom stereocenters. The van der Waals surface area contributed by atoms with Gasteiger partial charge in [-0.3, -0.25) is 0 Å². The molecule has 1 aromatic carbocycles. The van der Waals surface area contributed by atoms with Crippen LogP contribution in [0.1, 0.15) is 38.3 Å². The fourth-order valence-corrected chi connectivity index (χ4v) is 1.48. The van der Waals surface area contributed by atoms with Crippen molar-refractivity contribution in [3.63, 3.8) is 0 Å². The number of hydrogen-bond acceptors (Lipinski definition) is 0. The second kappa shape index (κ2) is 6.94. The van der Waals surface area contributed by atoms with Crippen molar-refractivity contribution in [3.05, 3.63) is 33.8 Å². The zero-order chi connectivity index (χ0) is 12.8. The van der Waals surface area contributed by atoms with Gasteiger partial charge in [0.05, 0.1) is 5.56 Å². The largest absolute Gasteiger partial charge is 0.417 e. The lowest BCUT2D eigenvalue weighted by Gasteiger charge is -2.10. The van der Waals surface area contributed by atoms with E-state index < -0.39 is 11.7 Å². The zero-order valence-electron chi connectivity index (χ0n) is 9.66. The van der Waals surface area contributed by atoms with Crippen LogP contribution in [-0.4, -0.2) is 0 Å². The Morgan fingerprint density at radius 1 is 1.12 bits per heavy atom. The highest BCUT2D eigenvalue weighted by Gasteiger charge is 2.32. The predicted molar refractivity (Wildman–Crippen MR) is 64.5 cm³/mol. The summed E-state index contributed by atoms with van der Waals surface area (Å²) in [7, 11) is 0. The molecular formula is C12H16BrF3. The first kappa shape index (κ1) is 15.5. The SMILES string of the molecule is CCC.CCc1ccc(Br)c(C(F)(F)F)c1. The summed E-state index contributed by atoms with van der Waals surface area (Å²) in [5.41, 5.74) is 0.0855. The molecule has 1 rings (SSSR count). The summed E-state index contributed by atoms with van der Waals surface area (Å²) in [6, 6.07) is 4.28. The van der Waals surface area contributed by atoms with Crippen LogP contribution in [0.5, 0.6) is 0 Å². The molecule has 0 amide bonds. The van der Waals surface area contributed by atoms with E-state index in [-0.39, 0.29) is 4.47 Å². The molecule has 0 radical (unpaired) electrons. The van der Waals surface area contributed by atoms with Crippen molar-refractivity contribution in [2.75, 3.05) is 0 Å². The topological polar surface area (TPSA) is 0 Å². The number of aryl methyl sites for hydroxylation is 1. The van der Waals surface area contributed by atoms with Crippen LogP contribution < -0.4 is 0 Å². The number of halogens is 4. The Hall–Kier alpha value is -0.510. The minimum absolute atomic E-state index is 0.0946. The standard InChI is InChI=1S/C9H8BrF3.C3H8/c1-2-6-3-4-8(10)7(5-6)9(11,12)13;1-3-2/h3-5H,2H2,1H3;3H2,1-2H3. The van der Waals surface area contributed by atoms with E-state index in [1.165, 1.54) is 18.6 Å². The van der Waals surface area contributed by atoms with Gasteiger partial charge in [0.2, 0.25) is 0 Å². The molecule has 0 fully saturated rings. The average Bonchev–Trinajstić information content (AvgIpc) is 2.18. The summed E-state index contributed by atoms with van der Waals surface area (Å²) in [5, 5.41) is 0. The van der Waals surface area contributed by atoms with Crippen LogP contribution in [0, 0.1) is 0 Å². The summed E-state index contributed by atoms with van der Waals surface area (Å²) < 4.78 is 37.1. The normalized spacial score (nSPS) is 10.7. The van der Waals surface area contributed by atoms with Crippen molar-refractivity contribution in [3.8, 4) is 0 Å². The quantitative estimate of drug-likeness (QED) is 0.647. The van der Waals surface area contributed by atoms with E-state index in [1.54, 1.807) is 6.07 Å². The zero-order valence-corrected chi connectivity index (χ0v) is 11.2. The van der Waals surface area contributed by atoms with Gasteiger partial charge in [0, 0.05) is 4.47 Å². The molecule has 0 saturated carbocycles. The van der Waals surface area contributed by atoms with E-state index >= 15 is 0 Å². The van der Waals surface area contributed by atoms with Crippen molar-refractivity contribution in [2.45, 2.75) is 39.8 Å². The Balaban J connectivity index is 0.000000673. The molecule has 1 aromatic rings. The average molecular weight is 297 g/mol. The summed E-state index contributed by atoms with van der Waals surface area (Å²) in [5.74, 6) is 0. The first-order valence-electron chi connectivity index (χ1n) is 5.22. The third kappa shape index (κ3) is 5.01. The molecule has 0 bridgehead atoms. The van der Waals surface area contributed by atoms with Crippen LogP contribution >= 0.6 is 15.9 Å².